The summed E-state index contributed by atoms with van der Waals surface area (Å²) in [6, 6.07) is -0.165. The van der Waals surface area contributed by atoms with Gasteiger partial charge in [0.15, 0.2) is 0 Å². The Labute approximate surface area is 56.6 Å². The van der Waals surface area contributed by atoms with E-state index in [9.17, 15) is 0 Å². The van der Waals surface area contributed by atoms with Crippen LogP contribution in [0.5, 0.6) is 0 Å². The van der Waals surface area contributed by atoms with E-state index in [1.807, 2.05) is 6.92 Å². The van der Waals surface area contributed by atoms with Gasteiger partial charge >= 0.3 is 0 Å². The van der Waals surface area contributed by atoms with E-state index in [2.05, 4.69) is 0 Å². The van der Waals surface area contributed by atoms with Crippen molar-refractivity contribution in [2.24, 2.45) is 5.92 Å². The number of rotatable bonds is 1. The molecule has 1 aliphatic heterocycles. The van der Waals surface area contributed by atoms with Gasteiger partial charge in [0.1, 0.15) is 7.85 Å². The van der Waals surface area contributed by atoms with Crippen LogP contribution in [0.2, 0.25) is 0 Å². The summed E-state index contributed by atoms with van der Waals surface area (Å²) >= 11 is 0. The van der Waals surface area contributed by atoms with Crippen molar-refractivity contribution in [3.63, 3.8) is 0 Å². The predicted molar refractivity (Wildman–Crippen MR) is 35.3 cm³/mol. The first-order chi connectivity index (χ1) is 4.24. The Hall–Kier alpha value is -0.0151. The van der Waals surface area contributed by atoms with Crippen molar-refractivity contribution < 1.29 is 9.84 Å². The van der Waals surface area contributed by atoms with E-state index in [4.69, 9.17) is 17.7 Å². The lowest BCUT2D eigenvalue weighted by Gasteiger charge is -2.07. The fourth-order valence-corrected chi connectivity index (χ4v) is 1.08. The molecule has 1 saturated heterocycles. The topological polar surface area (TPSA) is 29.5 Å². The van der Waals surface area contributed by atoms with Gasteiger partial charge in [-0.25, -0.2) is 0 Å². The predicted octanol–water partition coefficient (Wildman–Crippen LogP) is -0.102. The molecule has 0 aromatic heterocycles. The molecule has 1 heterocycles. The number of ether oxygens (including phenoxy) is 1. The minimum atomic E-state index is -0.165. The van der Waals surface area contributed by atoms with Gasteiger partial charge in [-0.05, 0) is 12.3 Å². The SMILES string of the molecule is [B]C1O[C@H](CO)C[C@H]1C. The Balaban J connectivity index is 2.35. The molecule has 3 atom stereocenters. The van der Waals surface area contributed by atoms with Crippen LogP contribution >= 0.6 is 0 Å². The van der Waals surface area contributed by atoms with Gasteiger partial charge in [-0.2, -0.15) is 0 Å². The second-order valence-electron chi connectivity index (χ2n) is 2.62. The van der Waals surface area contributed by atoms with Gasteiger partial charge in [-0.3, -0.25) is 0 Å². The molecule has 2 radical (unpaired) electrons. The minimum absolute atomic E-state index is 0.0185. The van der Waals surface area contributed by atoms with Gasteiger partial charge in [0.05, 0.1) is 12.7 Å². The van der Waals surface area contributed by atoms with Crippen LogP contribution in [0.3, 0.4) is 0 Å². The van der Waals surface area contributed by atoms with Crippen molar-refractivity contribution in [3.05, 3.63) is 0 Å². The van der Waals surface area contributed by atoms with E-state index < -0.39 is 0 Å². The van der Waals surface area contributed by atoms with Crippen LogP contribution < -0.4 is 0 Å². The van der Waals surface area contributed by atoms with Crippen LogP contribution in [0.4, 0.5) is 0 Å². The Morgan fingerprint density at radius 1 is 1.78 bits per heavy atom. The fourth-order valence-electron chi connectivity index (χ4n) is 1.08. The molecule has 9 heavy (non-hydrogen) atoms. The summed E-state index contributed by atoms with van der Waals surface area (Å²) in [5.41, 5.74) is 0. The lowest BCUT2D eigenvalue weighted by molar-refractivity contribution is 0.0405. The molecule has 0 aliphatic carbocycles. The first-order valence-corrected chi connectivity index (χ1v) is 3.26. The molecular weight excluding hydrogens is 115 g/mol. The highest BCUT2D eigenvalue weighted by Gasteiger charge is 2.27. The second-order valence-corrected chi connectivity index (χ2v) is 2.62. The molecule has 1 rings (SSSR count). The molecule has 0 amide bonds. The zero-order chi connectivity index (χ0) is 6.85. The average molecular weight is 126 g/mol. The van der Waals surface area contributed by atoms with E-state index in [0.29, 0.717) is 5.92 Å². The van der Waals surface area contributed by atoms with E-state index >= 15 is 0 Å². The van der Waals surface area contributed by atoms with Crippen molar-refractivity contribution >= 4 is 7.85 Å². The molecule has 1 fully saturated rings. The molecule has 50 valence electrons. The van der Waals surface area contributed by atoms with Gasteiger partial charge < -0.3 is 9.84 Å². The zero-order valence-electron chi connectivity index (χ0n) is 5.58. The fraction of sp³-hybridized carbons (Fsp3) is 1.00. The summed E-state index contributed by atoms with van der Waals surface area (Å²) in [4.78, 5) is 0. The van der Waals surface area contributed by atoms with Crippen molar-refractivity contribution in [3.8, 4) is 0 Å². The van der Waals surface area contributed by atoms with Crippen molar-refractivity contribution in [2.45, 2.75) is 25.5 Å². The summed E-state index contributed by atoms with van der Waals surface area (Å²) in [6.07, 6.45) is 0.868. The average Bonchev–Trinajstić information content (AvgIpc) is 2.13. The number of aliphatic hydroxyl groups is 1. The molecule has 0 aromatic rings. The third-order valence-corrected chi connectivity index (χ3v) is 1.75. The quantitative estimate of drug-likeness (QED) is 0.497. The van der Waals surface area contributed by atoms with Gasteiger partial charge in [0.25, 0.3) is 0 Å². The van der Waals surface area contributed by atoms with Crippen LogP contribution in [-0.4, -0.2) is 31.7 Å². The second kappa shape index (κ2) is 2.71. The highest BCUT2D eigenvalue weighted by Crippen LogP contribution is 2.23. The van der Waals surface area contributed by atoms with Crippen molar-refractivity contribution in [1.29, 1.82) is 0 Å². The highest BCUT2D eigenvalue weighted by atomic mass is 16.5. The lowest BCUT2D eigenvalue weighted by atomic mass is 9.88. The maximum Gasteiger partial charge on any atom is 0.109 e. The van der Waals surface area contributed by atoms with E-state index in [0.717, 1.165) is 6.42 Å². The molecule has 0 spiro atoms. The Morgan fingerprint density at radius 3 is 2.67 bits per heavy atom. The van der Waals surface area contributed by atoms with Crippen molar-refractivity contribution in [2.75, 3.05) is 6.61 Å². The summed E-state index contributed by atoms with van der Waals surface area (Å²) in [7, 11) is 5.51. The van der Waals surface area contributed by atoms with Gasteiger partial charge in [-0.1, -0.05) is 6.92 Å². The molecule has 2 nitrogen and oxygen atoms in total. The van der Waals surface area contributed by atoms with Crippen molar-refractivity contribution in [1.82, 2.24) is 0 Å². The largest absolute Gasteiger partial charge is 0.394 e. The first kappa shape index (κ1) is 7.10. The monoisotopic (exact) mass is 126 g/mol. The normalized spacial score (nSPS) is 43.6. The highest BCUT2D eigenvalue weighted by molar-refractivity contribution is 6.11. The Bertz CT molecular complexity index is 87.1. The Kier molecular flexibility index (Phi) is 2.14. The maximum atomic E-state index is 8.62. The summed E-state index contributed by atoms with van der Waals surface area (Å²) in [6.45, 7) is 2.12. The van der Waals surface area contributed by atoms with Crippen LogP contribution in [0, 0.1) is 5.92 Å². The third-order valence-electron chi connectivity index (χ3n) is 1.75. The zero-order valence-corrected chi connectivity index (χ0v) is 5.58. The minimum Gasteiger partial charge on any atom is -0.394 e. The van der Waals surface area contributed by atoms with Crippen LogP contribution in [0.15, 0.2) is 0 Å². The molecule has 1 unspecified atom stereocenters. The van der Waals surface area contributed by atoms with Crippen LogP contribution in [0.1, 0.15) is 13.3 Å². The third kappa shape index (κ3) is 1.46. The summed E-state index contributed by atoms with van der Waals surface area (Å²) in [5.74, 6) is 0.391. The summed E-state index contributed by atoms with van der Waals surface area (Å²) in [5, 5.41) is 8.62. The maximum absolute atomic E-state index is 8.62. The van der Waals surface area contributed by atoms with E-state index in [1.165, 1.54) is 0 Å². The standard InChI is InChI=1S/C6H11BO2/c1-4-2-5(3-8)9-6(4)7/h4-6,8H,2-3H2,1H3/t4-,5+,6?/m1/s1. The lowest BCUT2D eigenvalue weighted by Crippen LogP contribution is -2.15. The van der Waals surface area contributed by atoms with Gasteiger partial charge in [0, 0.05) is 6.00 Å². The molecule has 0 aromatic carbocycles. The van der Waals surface area contributed by atoms with E-state index in [1.54, 1.807) is 0 Å². The Morgan fingerprint density at radius 2 is 2.44 bits per heavy atom. The molecule has 1 N–H and O–H groups in total. The molecule has 0 bridgehead atoms. The number of aliphatic hydroxyl groups excluding tert-OH is 1. The molecule has 0 saturated carbocycles. The molecular formula is C6H11BO2. The van der Waals surface area contributed by atoms with Crippen LogP contribution in [0.25, 0.3) is 0 Å². The molecule has 3 heteroatoms. The van der Waals surface area contributed by atoms with Gasteiger partial charge in [-0.15, -0.1) is 0 Å². The van der Waals surface area contributed by atoms with Crippen LogP contribution in [-0.2, 0) is 4.74 Å². The number of hydrogen-bond acceptors (Lipinski definition) is 2. The number of hydrogen-bond donors (Lipinski definition) is 1. The first-order valence-electron chi connectivity index (χ1n) is 3.26. The summed E-state index contributed by atoms with van der Waals surface area (Å²) < 4.78 is 5.15. The smallest absolute Gasteiger partial charge is 0.109 e. The van der Waals surface area contributed by atoms with Gasteiger partial charge in [0.2, 0.25) is 0 Å². The van der Waals surface area contributed by atoms with E-state index in [-0.39, 0.29) is 18.7 Å². The molecule has 1 aliphatic rings.